The molecule has 0 saturated heterocycles. The highest BCUT2D eigenvalue weighted by Gasteiger charge is 2.31. The van der Waals surface area contributed by atoms with Gasteiger partial charge in [-0.1, -0.05) is 58.4 Å². The third-order valence-corrected chi connectivity index (χ3v) is 6.80. The first-order valence-electron chi connectivity index (χ1n) is 11.5. The molecule has 0 aliphatic heterocycles. The number of carbonyl (C=O) groups excluding carboxylic acids is 1. The molecule has 4 nitrogen and oxygen atoms in total. The highest BCUT2D eigenvalue weighted by atomic mass is 35.5. The predicted octanol–water partition coefficient (Wildman–Crippen LogP) is 8.14. The van der Waals surface area contributed by atoms with Crippen molar-refractivity contribution in [1.29, 1.82) is 0 Å². The lowest BCUT2D eigenvalue weighted by Crippen LogP contribution is -2.24. The highest BCUT2D eigenvalue weighted by Crippen LogP contribution is 2.37. The number of carbonyl (C=O) groups is 1. The van der Waals surface area contributed by atoms with E-state index in [1.54, 1.807) is 0 Å². The van der Waals surface area contributed by atoms with Gasteiger partial charge in [0.15, 0.2) is 11.7 Å². The van der Waals surface area contributed by atoms with Crippen molar-refractivity contribution in [2.45, 2.75) is 59.1 Å². The van der Waals surface area contributed by atoms with Gasteiger partial charge >= 0.3 is 6.18 Å². The summed E-state index contributed by atoms with van der Waals surface area (Å²) < 4.78 is 44.6. The van der Waals surface area contributed by atoms with Crippen molar-refractivity contribution in [3.63, 3.8) is 0 Å². The van der Waals surface area contributed by atoms with Crippen LogP contribution in [-0.2, 0) is 22.8 Å². The van der Waals surface area contributed by atoms with Crippen LogP contribution in [0, 0.1) is 5.41 Å². The molecule has 0 aliphatic rings. The lowest BCUT2D eigenvalue weighted by Gasteiger charge is -2.33. The van der Waals surface area contributed by atoms with E-state index in [-0.39, 0.29) is 34.8 Å². The number of halogens is 4. The molecule has 3 rings (SSSR count). The molecule has 0 aliphatic carbocycles. The Bertz CT molecular complexity index is 1200. The number of nitrogens with zero attached hydrogens (tertiary/aromatic N) is 1. The number of hydrogen-bond donors (Lipinski definition) is 1. The van der Waals surface area contributed by atoms with Crippen LogP contribution in [0.3, 0.4) is 0 Å². The Morgan fingerprint density at radius 3 is 2.28 bits per heavy atom. The summed E-state index contributed by atoms with van der Waals surface area (Å²) in [6.45, 7) is 10.9. The molecule has 1 aromatic heterocycles. The molecule has 2 aromatic carbocycles. The SMILES string of the molecule is CC(C)(C)CC(C)(C)c1ccc(OCC(=O)Nc2ncc(Cc3cc(C(F)(F)F)ccc3Cl)s2)cc1. The average Bonchev–Trinajstić information content (AvgIpc) is 3.18. The fourth-order valence-electron chi connectivity index (χ4n) is 4.26. The van der Waals surface area contributed by atoms with Crippen molar-refractivity contribution in [1.82, 2.24) is 4.98 Å². The zero-order valence-electron chi connectivity index (χ0n) is 20.9. The standard InChI is InChI=1S/C27H30ClF3N2O2S/c1-25(2,3)16-26(4,5)18-6-9-20(10-7-18)35-15-23(34)33-24-32-14-21(36-24)13-17-12-19(27(29,30)31)8-11-22(17)28/h6-12,14H,13,15-16H2,1-5H3,(H,32,33,34). The maximum Gasteiger partial charge on any atom is 0.416 e. The van der Waals surface area contributed by atoms with E-state index in [4.69, 9.17) is 16.3 Å². The summed E-state index contributed by atoms with van der Waals surface area (Å²) in [4.78, 5) is 17.1. The number of alkyl halides is 3. The van der Waals surface area contributed by atoms with E-state index in [1.165, 1.54) is 29.2 Å². The molecule has 1 heterocycles. The maximum absolute atomic E-state index is 13.0. The van der Waals surface area contributed by atoms with Crippen molar-refractivity contribution in [3.8, 4) is 5.75 Å². The lowest BCUT2D eigenvalue weighted by molar-refractivity contribution is -0.137. The van der Waals surface area contributed by atoms with Crippen LogP contribution in [0.25, 0.3) is 0 Å². The number of amides is 1. The van der Waals surface area contributed by atoms with Gasteiger partial charge in [-0.05, 0) is 58.7 Å². The van der Waals surface area contributed by atoms with E-state index in [0.717, 1.165) is 18.6 Å². The Balaban J connectivity index is 1.55. The molecule has 9 heteroatoms. The van der Waals surface area contributed by atoms with Crippen molar-refractivity contribution < 1.29 is 22.7 Å². The summed E-state index contributed by atoms with van der Waals surface area (Å²) in [5, 5.41) is 3.23. The molecule has 0 spiro atoms. The number of hydrogen-bond acceptors (Lipinski definition) is 4. The molecular weight excluding hydrogens is 509 g/mol. The van der Waals surface area contributed by atoms with Gasteiger partial charge < -0.3 is 4.74 Å². The summed E-state index contributed by atoms with van der Waals surface area (Å²) in [5.74, 6) is 0.199. The normalized spacial score (nSPS) is 12.5. The number of thiazole rings is 1. The summed E-state index contributed by atoms with van der Waals surface area (Å²) >= 11 is 7.25. The fraction of sp³-hybridized carbons (Fsp3) is 0.407. The van der Waals surface area contributed by atoms with Gasteiger partial charge in [-0.15, -0.1) is 11.3 Å². The van der Waals surface area contributed by atoms with Gasteiger partial charge in [0, 0.05) is 22.5 Å². The smallest absolute Gasteiger partial charge is 0.416 e. The molecule has 0 fully saturated rings. The van der Waals surface area contributed by atoms with Gasteiger partial charge in [0.1, 0.15) is 5.75 Å². The fourth-order valence-corrected chi connectivity index (χ4v) is 5.29. The van der Waals surface area contributed by atoms with Gasteiger partial charge in [-0.2, -0.15) is 13.2 Å². The zero-order valence-corrected chi connectivity index (χ0v) is 22.5. The number of aromatic nitrogens is 1. The highest BCUT2D eigenvalue weighted by molar-refractivity contribution is 7.15. The first kappa shape index (κ1) is 28.0. The topological polar surface area (TPSA) is 51.2 Å². The summed E-state index contributed by atoms with van der Waals surface area (Å²) in [7, 11) is 0. The molecule has 0 radical (unpaired) electrons. The minimum absolute atomic E-state index is 0.00892. The second kappa shape index (κ2) is 10.8. The van der Waals surface area contributed by atoms with Crippen molar-refractivity contribution in [2.75, 3.05) is 11.9 Å². The molecule has 0 unspecified atom stereocenters. The Labute approximate surface area is 218 Å². The molecule has 0 saturated carbocycles. The molecule has 36 heavy (non-hydrogen) atoms. The van der Waals surface area contributed by atoms with Crippen molar-refractivity contribution in [2.24, 2.45) is 5.41 Å². The third-order valence-electron chi connectivity index (χ3n) is 5.52. The molecule has 0 bridgehead atoms. The number of anilines is 1. The van der Waals surface area contributed by atoms with E-state index >= 15 is 0 Å². The minimum atomic E-state index is -4.45. The number of nitrogens with one attached hydrogen (secondary N) is 1. The van der Waals surface area contributed by atoms with E-state index in [2.05, 4.69) is 44.9 Å². The maximum atomic E-state index is 13.0. The summed E-state index contributed by atoms with van der Waals surface area (Å²) in [6.07, 6.45) is -1.74. The van der Waals surface area contributed by atoms with Crippen LogP contribution in [0.5, 0.6) is 5.75 Å². The van der Waals surface area contributed by atoms with E-state index < -0.39 is 11.7 Å². The van der Waals surface area contributed by atoms with Gasteiger partial charge in [-0.25, -0.2) is 4.98 Å². The zero-order chi connectivity index (χ0) is 26.7. The van der Waals surface area contributed by atoms with Gasteiger partial charge in [0.05, 0.1) is 5.56 Å². The number of ether oxygens (including phenoxy) is 1. The second-order valence-electron chi connectivity index (χ2n) is 10.6. The van der Waals surface area contributed by atoms with E-state index in [0.29, 0.717) is 21.3 Å². The average molecular weight is 539 g/mol. The molecule has 0 atom stereocenters. The molecule has 1 amide bonds. The van der Waals surface area contributed by atoms with Gasteiger partial charge in [0.25, 0.3) is 5.91 Å². The Morgan fingerprint density at radius 2 is 1.67 bits per heavy atom. The first-order valence-corrected chi connectivity index (χ1v) is 12.7. The largest absolute Gasteiger partial charge is 0.484 e. The van der Waals surface area contributed by atoms with Crippen LogP contribution in [-0.4, -0.2) is 17.5 Å². The summed E-state index contributed by atoms with van der Waals surface area (Å²) in [5.41, 5.74) is 0.986. The van der Waals surface area contributed by atoms with Crippen LogP contribution >= 0.6 is 22.9 Å². The van der Waals surface area contributed by atoms with Crippen molar-refractivity contribution in [3.05, 3.63) is 75.3 Å². The van der Waals surface area contributed by atoms with E-state index in [9.17, 15) is 18.0 Å². The van der Waals surface area contributed by atoms with E-state index in [1.807, 2.05) is 24.3 Å². The van der Waals surface area contributed by atoms with Crippen LogP contribution in [0.1, 0.15) is 62.6 Å². The third kappa shape index (κ3) is 7.96. The monoisotopic (exact) mass is 538 g/mol. The lowest BCUT2D eigenvalue weighted by atomic mass is 9.72. The van der Waals surface area contributed by atoms with Crippen LogP contribution in [0.2, 0.25) is 5.02 Å². The number of rotatable bonds is 8. The van der Waals surface area contributed by atoms with Crippen LogP contribution in [0.15, 0.2) is 48.7 Å². The predicted molar refractivity (Wildman–Crippen MR) is 139 cm³/mol. The Kier molecular flexibility index (Phi) is 8.41. The molecule has 3 aromatic rings. The Hall–Kier alpha value is -2.58. The molecular formula is C27H30ClF3N2O2S. The van der Waals surface area contributed by atoms with Crippen molar-refractivity contribution >= 4 is 34.0 Å². The quantitative estimate of drug-likeness (QED) is 0.315. The first-order chi connectivity index (χ1) is 16.6. The van der Waals surface area contributed by atoms with Crippen LogP contribution in [0.4, 0.5) is 18.3 Å². The second-order valence-corrected chi connectivity index (χ2v) is 12.1. The number of benzene rings is 2. The van der Waals surface area contributed by atoms with Gasteiger partial charge in [0.2, 0.25) is 0 Å². The minimum Gasteiger partial charge on any atom is -0.484 e. The summed E-state index contributed by atoms with van der Waals surface area (Å²) in [6, 6.07) is 11.0. The Morgan fingerprint density at radius 1 is 1.03 bits per heavy atom. The van der Waals surface area contributed by atoms with Crippen LogP contribution < -0.4 is 10.1 Å². The molecule has 194 valence electrons. The van der Waals surface area contributed by atoms with Gasteiger partial charge in [-0.3, -0.25) is 10.1 Å². The molecule has 1 N–H and O–H groups in total.